The molecule has 0 saturated heterocycles. The van der Waals surface area contributed by atoms with Crippen LogP contribution >= 0.6 is 0 Å². The molecule has 2 heteroatoms. The summed E-state index contributed by atoms with van der Waals surface area (Å²) in [6.07, 6.45) is 2.01. The lowest BCUT2D eigenvalue weighted by Gasteiger charge is -2.24. The maximum Gasteiger partial charge on any atom is 0.0479 e. The monoisotopic (exact) mass is 131 g/mol. The summed E-state index contributed by atoms with van der Waals surface area (Å²) in [4.78, 5) is 0. The zero-order valence-electron chi connectivity index (χ0n) is 6.03. The van der Waals surface area contributed by atoms with E-state index in [1.165, 1.54) is 0 Å². The highest BCUT2D eigenvalue weighted by Crippen LogP contribution is 2.12. The van der Waals surface area contributed by atoms with Crippen LogP contribution in [0, 0.1) is 6.92 Å². The molecule has 0 heterocycles. The minimum Gasteiger partial charge on any atom is -0.383 e. The first-order valence-corrected chi connectivity index (χ1v) is 4.03. The van der Waals surface area contributed by atoms with E-state index in [2.05, 4.69) is 13.8 Å². The quantitative estimate of drug-likeness (QED) is 0.502. The zero-order valence-corrected chi connectivity index (χ0v) is 8.03. The number of hydrogen-bond acceptors (Lipinski definition) is 1. The Hall–Kier alpha value is 0.177. The van der Waals surface area contributed by atoms with Crippen LogP contribution in [0.15, 0.2) is 0 Å². The molecular formula is C6H15OSi. The lowest BCUT2D eigenvalue weighted by molar-refractivity contribution is 0.0619. The SMILES string of the molecule is [CH2]CC([SiH3])(CC)OC. The molecule has 1 unspecified atom stereocenters. The topological polar surface area (TPSA) is 9.23 Å². The number of rotatable bonds is 3. The third-order valence-electron chi connectivity index (χ3n) is 1.77. The van der Waals surface area contributed by atoms with Crippen LogP contribution in [0.4, 0.5) is 0 Å². The summed E-state index contributed by atoms with van der Waals surface area (Å²) in [6, 6.07) is 0. The highest BCUT2D eigenvalue weighted by molar-refractivity contribution is 6.14. The van der Waals surface area contributed by atoms with Gasteiger partial charge in [-0.2, -0.15) is 0 Å². The van der Waals surface area contributed by atoms with Crippen LogP contribution < -0.4 is 0 Å². The molecule has 0 aromatic heterocycles. The standard InChI is InChI=1S/C6H15OSi/c1-4-6(8,5-2)7-3/h1,4-5H2,2-3,8H3. The minimum atomic E-state index is 0.153. The maximum atomic E-state index is 5.24. The highest BCUT2D eigenvalue weighted by Gasteiger charge is 2.16. The fourth-order valence-corrected chi connectivity index (χ4v) is 0.423. The summed E-state index contributed by atoms with van der Waals surface area (Å²) in [6.45, 7) is 5.95. The van der Waals surface area contributed by atoms with Gasteiger partial charge < -0.3 is 4.74 Å². The van der Waals surface area contributed by atoms with Crippen molar-refractivity contribution >= 4 is 10.2 Å². The molecule has 49 valence electrons. The average Bonchev–Trinajstić information content (AvgIpc) is 1.87. The van der Waals surface area contributed by atoms with Gasteiger partial charge in [0.05, 0.1) is 0 Å². The second-order valence-corrected chi connectivity index (χ2v) is 4.08. The summed E-state index contributed by atoms with van der Waals surface area (Å²) < 4.78 is 5.24. The molecule has 0 aromatic rings. The Labute approximate surface area is 54.8 Å². The van der Waals surface area contributed by atoms with Gasteiger partial charge >= 0.3 is 0 Å². The first-order chi connectivity index (χ1) is 3.68. The van der Waals surface area contributed by atoms with Gasteiger partial charge in [0.25, 0.3) is 0 Å². The molecule has 0 bridgehead atoms. The first-order valence-electron chi connectivity index (χ1n) is 3.03. The molecule has 0 spiro atoms. The van der Waals surface area contributed by atoms with Crippen LogP contribution in [0.5, 0.6) is 0 Å². The van der Waals surface area contributed by atoms with E-state index in [4.69, 9.17) is 4.74 Å². The largest absolute Gasteiger partial charge is 0.383 e. The lowest BCUT2D eigenvalue weighted by atomic mass is 10.2. The van der Waals surface area contributed by atoms with Crippen molar-refractivity contribution in [2.75, 3.05) is 7.11 Å². The van der Waals surface area contributed by atoms with E-state index < -0.39 is 0 Å². The van der Waals surface area contributed by atoms with Gasteiger partial charge in [0.1, 0.15) is 0 Å². The van der Waals surface area contributed by atoms with Crippen LogP contribution in [0.2, 0.25) is 0 Å². The smallest absolute Gasteiger partial charge is 0.0479 e. The van der Waals surface area contributed by atoms with E-state index in [9.17, 15) is 0 Å². The molecule has 0 N–H and O–H groups in total. The Bertz CT molecular complexity index is 51.3. The van der Waals surface area contributed by atoms with Crippen molar-refractivity contribution in [2.24, 2.45) is 0 Å². The van der Waals surface area contributed by atoms with Crippen molar-refractivity contribution in [3.63, 3.8) is 0 Å². The summed E-state index contributed by atoms with van der Waals surface area (Å²) >= 11 is 0. The van der Waals surface area contributed by atoms with Gasteiger partial charge in [0.15, 0.2) is 0 Å². The van der Waals surface area contributed by atoms with Crippen LogP contribution in [0.1, 0.15) is 19.8 Å². The van der Waals surface area contributed by atoms with Crippen molar-refractivity contribution in [3.8, 4) is 0 Å². The number of methoxy groups -OCH3 is 1. The number of ether oxygens (including phenoxy) is 1. The molecule has 0 aliphatic carbocycles. The van der Waals surface area contributed by atoms with Gasteiger partial charge in [-0.15, -0.1) is 0 Å². The Morgan fingerprint density at radius 2 is 2.25 bits per heavy atom. The summed E-state index contributed by atoms with van der Waals surface area (Å²) in [5, 5.41) is 0.153. The Kier molecular flexibility index (Phi) is 3.32. The lowest BCUT2D eigenvalue weighted by Crippen LogP contribution is -2.29. The zero-order chi connectivity index (χ0) is 6.62. The van der Waals surface area contributed by atoms with E-state index in [1.54, 1.807) is 7.11 Å². The van der Waals surface area contributed by atoms with Gasteiger partial charge in [-0.25, -0.2) is 0 Å². The van der Waals surface area contributed by atoms with Gasteiger partial charge in [0.2, 0.25) is 0 Å². The molecule has 8 heavy (non-hydrogen) atoms. The van der Waals surface area contributed by atoms with E-state index in [1.807, 2.05) is 0 Å². The second-order valence-electron chi connectivity index (χ2n) is 2.26. The number of hydrogen-bond donors (Lipinski definition) is 0. The summed E-state index contributed by atoms with van der Waals surface area (Å²) in [5.41, 5.74) is 0. The minimum absolute atomic E-state index is 0.153. The van der Waals surface area contributed by atoms with E-state index >= 15 is 0 Å². The molecule has 1 radical (unpaired) electrons. The Morgan fingerprint density at radius 1 is 1.75 bits per heavy atom. The van der Waals surface area contributed by atoms with Crippen LogP contribution in [-0.4, -0.2) is 22.6 Å². The van der Waals surface area contributed by atoms with Gasteiger partial charge in [0, 0.05) is 22.6 Å². The first kappa shape index (κ1) is 8.18. The van der Waals surface area contributed by atoms with E-state index in [0.29, 0.717) is 0 Å². The molecule has 1 atom stereocenters. The molecule has 0 aromatic carbocycles. The van der Waals surface area contributed by atoms with Crippen molar-refractivity contribution in [2.45, 2.75) is 25.0 Å². The molecule has 1 nitrogen and oxygen atoms in total. The van der Waals surface area contributed by atoms with Crippen LogP contribution in [0.3, 0.4) is 0 Å². The van der Waals surface area contributed by atoms with Gasteiger partial charge in [-0.3, -0.25) is 0 Å². The molecule has 0 saturated carbocycles. The van der Waals surface area contributed by atoms with Gasteiger partial charge in [-0.05, 0) is 12.8 Å². The van der Waals surface area contributed by atoms with Crippen molar-refractivity contribution in [1.29, 1.82) is 0 Å². The van der Waals surface area contributed by atoms with Crippen LogP contribution in [0.25, 0.3) is 0 Å². The normalized spacial score (nSPS) is 12.4. The van der Waals surface area contributed by atoms with Crippen molar-refractivity contribution in [1.82, 2.24) is 0 Å². The molecule has 0 aliphatic rings. The Balaban J connectivity index is 3.58. The van der Waals surface area contributed by atoms with Gasteiger partial charge in [-0.1, -0.05) is 13.8 Å². The second kappa shape index (κ2) is 3.25. The predicted octanol–water partition coefficient (Wildman–Crippen LogP) is 0.329. The molecule has 0 aliphatic heterocycles. The predicted molar refractivity (Wildman–Crippen MR) is 39.9 cm³/mol. The summed E-state index contributed by atoms with van der Waals surface area (Å²) in [7, 11) is 2.85. The molecule has 0 fully saturated rings. The van der Waals surface area contributed by atoms with E-state index in [-0.39, 0.29) is 5.22 Å². The van der Waals surface area contributed by atoms with Crippen molar-refractivity contribution < 1.29 is 4.74 Å². The van der Waals surface area contributed by atoms with Crippen LogP contribution in [-0.2, 0) is 4.74 Å². The fraction of sp³-hybridized carbons (Fsp3) is 0.833. The molecule has 0 amide bonds. The third kappa shape index (κ3) is 1.97. The fourth-order valence-electron chi connectivity index (χ4n) is 0.423. The maximum absolute atomic E-state index is 5.24. The summed E-state index contributed by atoms with van der Waals surface area (Å²) in [5.74, 6) is 0. The van der Waals surface area contributed by atoms with E-state index in [0.717, 1.165) is 23.1 Å². The van der Waals surface area contributed by atoms with Crippen molar-refractivity contribution in [3.05, 3.63) is 6.92 Å². The Morgan fingerprint density at radius 3 is 2.25 bits per heavy atom. The average molecular weight is 131 g/mol. The molecular weight excluding hydrogens is 116 g/mol. The molecule has 0 rings (SSSR count). The highest BCUT2D eigenvalue weighted by atomic mass is 28.1. The third-order valence-corrected chi connectivity index (χ3v) is 3.38.